The average molecular weight is 359 g/mol. The molecular weight excluding hydrogens is 343 g/mol. The Balaban J connectivity index is 1.72. The minimum absolute atomic E-state index is 0.445. The molecule has 2 aromatic carbocycles. The van der Waals surface area contributed by atoms with E-state index in [4.69, 9.17) is 23.2 Å². The summed E-state index contributed by atoms with van der Waals surface area (Å²) in [5, 5.41) is 7.32. The van der Waals surface area contributed by atoms with Crippen LogP contribution in [-0.2, 0) is 6.54 Å². The molecule has 0 bridgehead atoms. The van der Waals surface area contributed by atoms with Crippen molar-refractivity contribution in [2.24, 2.45) is 0 Å². The summed E-state index contributed by atoms with van der Waals surface area (Å²) < 4.78 is 0. The minimum atomic E-state index is 0.445. The summed E-state index contributed by atoms with van der Waals surface area (Å²) in [5.41, 5.74) is 3.13. The van der Waals surface area contributed by atoms with Crippen LogP contribution in [0, 0.1) is 6.92 Å². The van der Waals surface area contributed by atoms with Gasteiger partial charge in [0.2, 0.25) is 5.95 Å². The molecule has 0 saturated carbocycles. The number of hydrogen-bond donors (Lipinski definition) is 2. The summed E-state index contributed by atoms with van der Waals surface area (Å²) in [6.45, 7) is 2.78. The number of aromatic nitrogens is 2. The van der Waals surface area contributed by atoms with Gasteiger partial charge in [-0.2, -0.15) is 4.98 Å². The summed E-state index contributed by atoms with van der Waals surface area (Å²) in [4.78, 5) is 8.66. The molecule has 0 radical (unpaired) electrons. The number of nitrogens with zero attached hydrogens (tertiary/aromatic N) is 2. The Labute approximate surface area is 150 Å². The van der Waals surface area contributed by atoms with Gasteiger partial charge >= 0.3 is 0 Å². The molecule has 0 aliphatic carbocycles. The number of halogens is 2. The van der Waals surface area contributed by atoms with Crippen LogP contribution in [0.1, 0.15) is 11.1 Å². The number of rotatable bonds is 5. The van der Waals surface area contributed by atoms with E-state index < -0.39 is 0 Å². The van der Waals surface area contributed by atoms with Crippen LogP contribution in [-0.4, -0.2) is 9.97 Å². The second-order valence-corrected chi connectivity index (χ2v) is 6.06. The van der Waals surface area contributed by atoms with E-state index in [1.54, 1.807) is 12.3 Å². The SMILES string of the molecule is Cc1ccccc1CNc1ccnc(Nc2cccc(Cl)c2Cl)n1. The molecule has 4 nitrogen and oxygen atoms in total. The van der Waals surface area contributed by atoms with E-state index in [1.165, 1.54) is 11.1 Å². The van der Waals surface area contributed by atoms with Gasteiger partial charge < -0.3 is 10.6 Å². The Kier molecular flexibility index (Phi) is 5.18. The molecule has 0 saturated heterocycles. The first kappa shape index (κ1) is 16.6. The summed E-state index contributed by atoms with van der Waals surface area (Å²) in [6.07, 6.45) is 1.69. The van der Waals surface area contributed by atoms with Gasteiger partial charge in [0, 0.05) is 12.7 Å². The summed E-state index contributed by atoms with van der Waals surface area (Å²) in [5.74, 6) is 1.18. The molecule has 0 atom stereocenters. The van der Waals surface area contributed by atoms with Gasteiger partial charge in [-0.05, 0) is 36.2 Å². The minimum Gasteiger partial charge on any atom is -0.366 e. The van der Waals surface area contributed by atoms with Crippen molar-refractivity contribution in [2.75, 3.05) is 10.6 Å². The molecule has 1 heterocycles. The zero-order valence-electron chi connectivity index (χ0n) is 13.1. The lowest BCUT2D eigenvalue weighted by atomic mass is 10.1. The number of benzene rings is 2. The van der Waals surface area contributed by atoms with Crippen molar-refractivity contribution >= 4 is 40.7 Å². The van der Waals surface area contributed by atoms with Crippen LogP contribution in [0.15, 0.2) is 54.7 Å². The van der Waals surface area contributed by atoms with Gasteiger partial charge in [-0.1, -0.05) is 53.5 Å². The maximum atomic E-state index is 6.18. The highest BCUT2D eigenvalue weighted by atomic mass is 35.5. The van der Waals surface area contributed by atoms with Crippen molar-refractivity contribution in [2.45, 2.75) is 13.5 Å². The third-order valence-corrected chi connectivity index (χ3v) is 4.39. The maximum Gasteiger partial charge on any atom is 0.229 e. The van der Waals surface area contributed by atoms with Gasteiger partial charge in [-0.15, -0.1) is 0 Å². The predicted octanol–water partition coefficient (Wildman–Crippen LogP) is 5.45. The Morgan fingerprint density at radius 2 is 1.83 bits per heavy atom. The largest absolute Gasteiger partial charge is 0.366 e. The topological polar surface area (TPSA) is 49.8 Å². The molecule has 122 valence electrons. The van der Waals surface area contributed by atoms with E-state index in [9.17, 15) is 0 Å². The molecule has 0 fully saturated rings. The lowest BCUT2D eigenvalue weighted by Gasteiger charge is -2.11. The molecule has 0 aliphatic heterocycles. The zero-order chi connectivity index (χ0) is 16.9. The van der Waals surface area contributed by atoms with E-state index in [0.29, 0.717) is 28.2 Å². The predicted molar refractivity (Wildman–Crippen MR) is 100 cm³/mol. The average Bonchev–Trinajstić information content (AvgIpc) is 2.59. The Morgan fingerprint density at radius 1 is 1.00 bits per heavy atom. The third-order valence-electron chi connectivity index (χ3n) is 3.57. The second-order valence-electron chi connectivity index (χ2n) is 5.27. The first-order chi connectivity index (χ1) is 11.6. The van der Waals surface area contributed by atoms with Gasteiger partial charge in [0.05, 0.1) is 15.7 Å². The van der Waals surface area contributed by atoms with Gasteiger partial charge in [-0.3, -0.25) is 0 Å². The highest BCUT2D eigenvalue weighted by molar-refractivity contribution is 6.43. The van der Waals surface area contributed by atoms with E-state index >= 15 is 0 Å². The Hall–Kier alpha value is -2.30. The van der Waals surface area contributed by atoms with Crippen molar-refractivity contribution < 1.29 is 0 Å². The molecule has 2 N–H and O–H groups in total. The van der Waals surface area contributed by atoms with Crippen LogP contribution < -0.4 is 10.6 Å². The van der Waals surface area contributed by atoms with E-state index in [1.807, 2.05) is 30.3 Å². The monoisotopic (exact) mass is 358 g/mol. The number of hydrogen-bond acceptors (Lipinski definition) is 4. The number of anilines is 3. The van der Waals surface area contributed by atoms with E-state index in [0.717, 1.165) is 5.82 Å². The lowest BCUT2D eigenvalue weighted by Crippen LogP contribution is -2.05. The fourth-order valence-corrected chi connectivity index (χ4v) is 2.58. The van der Waals surface area contributed by atoms with Gasteiger partial charge in [0.25, 0.3) is 0 Å². The highest BCUT2D eigenvalue weighted by Crippen LogP contribution is 2.31. The van der Waals surface area contributed by atoms with Gasteiger partial charge in [0.15, 0.2) is 0 Å². The van der Waals surface area contributed by atoms with Crippen molar-refractivity contribution in [1.82, 2.24) is 9.97 Å². The summed E-state index contributed by atoms with van der Waals surface area (Å²) in [6, 6.07) is 15.4. The third kappa shape index (κ3) is 3.96. The summed E-state index contributed by atoms with van der Waals surface area (Å²) >= 11 is 12.2. The van der Waals surface area contributed by atoms with Crippen LogP contribution >= 0.6 is 23.2 Å². The number of aryl methyl sites for hydroxylation is 1. The van der Waals surface area contributed by atoms with Crippen molar-refractivity contribution in [3.8, 4) is 0 Å². The fourth-order valence-electron chi connectivity index (χ4n) is 2.23. The lowest BCUT2D eigenvalue weighted by molar-refractivity contribution is 1.07. The molecule has 3 rings (SSSR count). The van der Waals surface area contributed by atoms with Crippen LogP contribution in [0.3, 0.4) is 0 Å². The zero-order valence-corrected chi connectivity index (χ0v) is 14.6. The van der Waals surface area contributed by atoms with Crippen LogP contribution in [0.5, 0.6) is 0 Å². The van der Waals surface area contributed by atoms with Crippen molar-refractivity contribution in [1.29, 1.82) is 0 Å². The molecule has 0 aliphatic rings. The van der Waals surface area contributed by atoms with Crippen molar-refractivity contribution in [3.05, 3.63) is 75.9 Å². The smallest absolute Gasteiger partial charge is 0.229 e. The Morgan fingerprint density at radius 3 is 2.67 bits per heavy atom. The van der Waals surface area contributed by atoms with E-state index in [-0.39, 0.29) is 0 Å². The standard InChI is InChI=1S/C18H16Cl2N4/c1-12-5-2-3-6-13(12)11-22-16-9-10-21-18(24-16)23-15-8-4-7-14(19)17(15)20/h2-10H,11H2,1H3,(H2,21,22,23,24). The van der Waals surface area contributed by atoms with Crippen LogP contribution in [0.2, 0.25) is 10.0 Å². The molecule has 1 aromatic heterocycles. The van der Waals surface area contributed by atoms with Gasteiger partial charge in [0.1, 0.15) is 5.82 Å². The number of nitrogens with one attached hydrogen (secondary N) is 2. The molecular formula is C18H16Cl2N4. The van der Waals surface area contributed by atoms with Crippen LogP contribution in [0.25, 0.3) is 0 Å². The fraction of sp³-hybridized carbons (Fsp3) is 0.111. The molecule has 0 unspecified atom stereocenters. The highest BCUT2D eigenvalue weighted by Gasteiger charge is 2.06. The van der Waals surface area contributed by atoms with E-state index in [2.05, 4.69) is 39.7 Å². The Bertz CT molecular complexity index is 852. The van der Waals surface area contributed by atoms with Gasteiger partial charge in [-0.25, -0.2) is 4.98 Å². The first-order valence-electron chi connectivity index (χ1n) is 7.46. The molecule has 6 heteroatoms. The molecule has 0 spiro atoms. The molecule has 3 aromatic rings. The maximum absolute atomic E-state index is 6.18. The van der Waals surface area contributed by atoms with Crippen LogP contribution in [0.4, 0.5) is 17.5 Å². The quantitative estimate of drug-likeness (QED) is 0.636. The molecule has 0 amide bonds. The molecule has 24 heavy (non-hydrogen) atoms. The van der Waals surface area contributed by atoms with Crippen molar-refractivity contribution in [3.63, 3.8) is 0 Å². The second kappa shape index (κ2) is 7.51. The first-order valence-corrected chi connectivity index (χ1v) is 8.21. The normalized spacial score (nSPS) is 10.5. The summed E-state index contributed by atoms with van der Waals surface area (Å²) in [7, 11) is 0.